The average molecular weight is 249 g/mol. The lowest BCUT2D eigenvalue weighted by molar-refractivity contribution is -0.670. The van der Waals surface area contributed by atoms with E-state index in [9.17, 15) is 0 Å². The predicted molar refractivity (Wildman–Crippen MR) is 67.5 cm³/mol. The van der Waals surface area contributed by atoms with Crippen molar-refractivity contribution in [2.45, 2.75) is 6.54 Å². The number of hydrogen-bond donors (Lipinski definition) is 0. The highest BCUT2D eigenvalue weighted by molar-refractivity contribution is 5.76. The summed E-state index contributed by atoms with van der Waals surface area (Å²) >= 11 is 0. The van der Waals surface area contributed by atoms with Gasteiger partial charge in [0.15, 0.2) is 11.8 Å². The minimum atomic E-state index is 0.809. The molecule has 5 heteroatoms. The number of rotatable bonds is 0. The largest absolute Gasteiger partial charge is 0.414 e. The van der Waals surface area contributed by atoms with Gasteiger partial charge in [0.05, 0.1) is 5.56 Å². The van der Waals surface area contributed by atoms with Crippen molar-refractivity contribution in [3.8, 4) is 11.4 Å². The molecule has 5 rings (SSSR count). The molecular formula is C14H9N4O+. The molecule has 0 radical (unpaired) electrons. The summed E-state index contributed by atoms with van der Waals surface area (Å²) in [5.41, 5.74) is 4.92. The van der Waals surface area contributed by atoms with Gasteiger partial charge in [0.2, 0.25) is 0 Å². The highest BCUT2D eigenvalue weighted by Gasteiger charge is 2.33. The molecule has 0 amide bonds. The van der Waals surface area contributed by atoms with Crippen LogP contribution in [0, 0.1) is 0 Å². The molecule has 0 spiro atoms. The smallest absolute Gasteiger partial charge is 0.337 e. The van der Waals surface area contributed by atoms with Crippen molar-refractivity contribution in [3.05, 3.63) is 48.5 Å². The fourth-order valence-corrected chi connectivity index (χ4v) is 2.85. The maximum atomic E-state index is 5.83. The number of fused-ring (bicyclic) bond motifs is 7. The van der Waals surface area contributed by atoms with Crippen LogP contribution in [0.3, 0.4) is 0 Å². The molecule has 0 fully saturated rings. The van der Waals surface area contributed by atoms with Crippen LogP contribution in [0.1, 0.15) is 5.56 Å². The number of pyridine rings is 2. The molecule has 90 valence electrons. The summed E-state index contributed by atoms with van der Waals surface area (Å²) in [6.45, 7) is 0.837. The maximum Gasteiger partial charge on any atom is 0.337 e. The number of aromatic nitrogens is 4. The van der Waals surface area contributed by atoms with Gasteiger partial charge in [-0.25, -0.2) is 9.55 Å². The Balaban J connectivity index is 2.00. The van der Waals surface area contributed by atoms with Gasteiger partial charge < -0.3 is 4.42 Å². The lowest BCUT2D eigenvalue weighted by Gasteiger charge is -1.91. The zero-order valence-electron chi connectivity index (χ0n) is 9.95. The zero-order chi connectivity index (χ0) is 12.4. The van der Waals surface area contributed by atoms with Crippen molar-refractivity contribution in [2.24, 2.45) is 0 Å². The molecule has 1 aliphatic rings. The Bertz CT molecular complexity index is 951. The van der Waals surface area contributed by atoms with Crippen molar-refractivity contribution in [1.29, 1.82) is 0 Å². The van der Waals surface area contributed by atoms with Gasteiger partial charge in [-0.15, -0.1) is 4.40 Å². The second kappa shape index (κ2) is 3.00. The molecule has 5 heterocycles. The molecule has 0 atom stereocenters. The Morgan fingerprint density at radius 2 is 2.26 bits per heavy atom. The quantitative estimate of drug-likeness (QED) is 0.393. The third kappa shape index (κ3) is 1.03. The summed E-state index contributed by atoms with van der Waals surface area (Å²) < 4.78 is 10.1. The molecule has 0 saturated heterocycles. The summed E-state index contributed by atoms with van der Waals surface area (Å²) in [5.74, 6) is 1.12. The summed E-state index contributed by atoms with van der Waals surface area (Å²) in [7, 11) is 0. The molecule has 0 N–H and O–H groups in total. The van der Waals surface area contributed by atoms with Gasteiger partial charge in [0, 0.05) is 24.2 Å². The SMILES string of the molecule is c1cnc2c(c1)oc1c[n+]3c(n12)-c1ccncc1C3. The molecule has 5 nitrogen and oxygen atoms in total. The first-order chi connectivity index (χ1) is 9.42. The van der Waals surface area contributed by atoms with E-state index in [1.807, 2.05) is 36.8 Å². The second-order valence-electron chi connectivity index (χ2n) is 4.71. The minimum Gasteiger partial charge on any atom is -0.414 e. The first-order valence-electron chi connectivity index (χ1n) is 6.13. The third-order valence-electron chi connectivity index (χ3n) is 3.63. The van der Waals surface area contributed by atoms with Crippen molar-refractivity contribution >= 4 is 16.9 Å². The number of hydrogen-bond acceptors (Lipinski definition) is 3. The normalized spacial score (nSPS) is 13.1. The van der Waals surface area contributed by atoms with Crippen LogP contribution in [0.15, 0.2) is 47.4 Å². The van der Waals surface area contributed by atoms with Crippen LogP contribution in [0.25, 0.3) is 28.3 Å². The average Bonchev–Trinajstić information content (AvgIpc) is 3.04. The third-order valence-corrected chi connectivity index (χ3v) is 3.63. The Morgan fingerprint density at radius 3 is 3.26 bits per heavy atom. The van der Waals surface area contributed by atoms with E-state index < -0.39 is 0 Å². The van der Waals surface area contributed by atoms with E-state index in [-0.39, 0.29) is 0 Å². The molecule has 4 aromatic heterocycles. The fourth-order valence-electron chi connectivity index (χ4n) is 2.85. The van der Waals surface area contributed by atoms with Gasteiger partial charge >= 0.3 is 5.71 Å². The van der Waals surface area contributed by atoms with E-state index in [1.165, 1.54) is 11.1 Å². The van der Waals surface area contributed by atoms with Crippen molar-refractivity contribution < 1.29 is 8.98 Å². The van der Waals surface area contributed by atoms with E-state index in [0.29, 0.717) is 0 Å². The lowest BCUT2D eigenvalue weighted by atomic mass is 10.2. The number of imidazole rings is 1. The van der Waals surface area contributed by atoms with E-state index in [4.69, 9.17) is 4.42 Å². The Labute approximate surface area is 107 Å². The minimum absolute atomic E-state index is 0.809. The molecule has 1 aliphatic heterocycles. The van der Waals surface area contributed by atoms with Crippen LogP contribution in [0.2, 0.25) is 0 Å². The molecular weight excluding hydrogens is 240 g/mol. The Morgan fingerprint density at radius 1 is 1.26 bits per heavy atom. The highest BCUT2D eigenvalue weighted by atomic mass is 16.3. The second-order valence-corrected chi connectivity index (χ2v) is 4.71. The van der Waals surface area contributed by atoms with Crippen LogP contribution >= 0.6 is 0 Å². The first-order valence-corrected chi connectivity index (χ1v) is 6.13. The summed E-state index contributed by atoms with van der Waals surface area (Å²) in [6.07, 6.45) is 7.56. The van der Waals surface area contributed by atoms with Gasteiger partial charge in [-0.2, -0.15) is 0 Å². The van der Waals surface area contributed by atoms with Crippen LogP contribution in [0.4, 0.5) is 0 Å². The van der Waals surface area contributed by atoms with Gasteiger partial charge in [0.1, 0.15) is 6.54 Å². The zero-order valence-corrected chi connectivity index (χ0v) is 9.95. The van der Waals surface area contributed by atoms with Crippen LogP contribution in [-0.2, 0) is 6.54 Å². The van der Waals surface area contributed by atoms with Gasteiger partial charge in [-0.1, -0.05) is 0 Å². The topological polar surface area (TPSA) is 47.2 Å². The first kappa shape index (κ1) is 9.27. The van der Waals surface area contributed by atoms with E-state index >= 15 is 0 Å². The van der Waals surface area contributed by atoms with Crippen molar-refractivity contribution in [2.75, 3.05) is 0 Å². The standard InChI is InChI=1S/C14H9N4O/c1-2-11-13(16-4-1)18-12(19-11)8-17-7-9-6-15-5-3-10(9)14(17)18/h1-6,8H,7H2/q+1. The molecule has 0 unspecified atom stereocenters. The van der Waals surface area contributed by atoms with Crippen LogP contribution in [-0.4, -0.2) is 14.4 Å². The van der Waals surface area contributed by atoms with Crippen molar-refractivity contribution in [3.63, 3.8) is 0 Å². The van der Waals surface area contributed by atoms with E-state index in [1.54, 1.807) is 6.20 Å². The maximum absolute atomic E-state index is 5.83. The molecule has 19 heavy (non-hydrogen) atoms. The molecule has 0 aliphatic carbocycles. The van der Waals surface area contributed by atoms with Gasteiger partial charge in [-0.05, 0) is 18.2 Å². The lowest BCUT2D eigenvalue weighted by Crippen LogP contribution is -2.29. The Hall–Kier alpha value is -2.69. The monoisotopic (exact) mass is 249 g/mol. The van der Waals surface area contributed by atoms with Crippen LogP contribution < -0.4 is 4.57 Å². The number of oxazole rings is 1. The fraction of sp³-hybridized carbons (Fsp3) is 0.0714. The van der Waals surface area contributed by atoms with Gasteiger partial charge in [0.25, 0.3) is 11.5 Å². The van der Waals surface area contributed by atoms with E-state index in [2.05, 4.69) is 18.9 Å². The van der Waals surface area contributed by atoms with E-state index in [0.717, 1.165) is 29.3 Å². The van der Waals surface area contributed by atoms with Crippen LogP contribution in [0.5, 0.6) is 0 Å². The predicted octanol–water partition coefficient (Wildman–Crippen LogP) is 1.79. The molecule has 0 saturated carbocycles. The van der Waals surface area contributed by atoms with Gasteiger partial charge in [-0.3, -0.25) is 4.98 Å². The molecule has 0 aromatic carbocycles. The summed E-state index contributed by atoms with van der Waals surface area (Å²) in [5, 5.41) is 0. The molecule has 4 aromatic rings. The molecule has 0 bridgehead atoms. The summed E-state index contributed by atoms with van der Waals surface area (Å²) in [6, 6.07) is 5.87. The summed E-state index contributed by atoms with van der Waals surface area (Å²) in [4.78, 5) is 8.62. The Kier molecular flexibility index (Phi) is 1.46. The van der Waals surface area contributed by atoms with Crippen molar-refractivity contribution in [1.82, 2.24) is 14.4 Å². The number of nitrogens with zero attached hydrogens (tertiary/aromatic N) is 4. The highest BCUT2D eigenvalue weighted by Crippen LogP contribution is 2.30.